The summed E-state index contributed by atoms with van der Waals surface area (Å²) in [5.74, 6) is 0.618. The molecule has 2 aromatic heterocycles. The fourth-order valence-corrected chi connectivity index (χ4v) is 4.23. The van der Waals surface area contributed by atoms with Crippen molar-refractivity contribution >= 4 is 23.2 Å². The highest BCUT2D eigenvalue weighted by molar-refractivity contribution is 7.08. The Labute approximate surface area is 184 Å². The molecule has 1 aromatic carbocycles. The molecule has 3 aromatic rings. The molecule has 0 atom stereocenters. The van der Waals surface area contributed by atoms with Gasteiger partial charge in [-0.2, -0.15) is 16.4 Å². The number of ether oxygens (including phenoxy) is 1. The molecule has 8 nitrogen and oxygen atoms in total. The normalized spacial score (nSPS) is 14.4. The third kappa shape index (κ3) is 4.95. The van der Waals surface area contributed by atoms with Gasteiger partial charge in [0.1, 0.15) is 11.4 Å². The Kier molecular flexibility index (Phi) is 6.63. The number of piperazine rings is 1. The number of methoxy groups -OCH3 is 1. The predicted octanol–water partition coefficient (Wildman–Crippen LogP) is 2.33. The van der Waals surface area contributed by atoms with Gasteiger partial charge >= 0.3 is 0 Å². The maximum atomic E-state index is 12.9. The van der Waals surface area contributed by atoms with Crippen LogP contribution in [0.5, 0.6) is 5.75 Å². The van der Waals surface area contributed by atoms with Gasteiger partial charge in [0.25, 0.3) is 11.8 Å². The Hall–Kier alpha value is -3.17. The van der Waals surface area contributed by atoms with E-state index >= 15 is 0 Å². The third-order valence-electron chi connectivity index (χ3n) is 5.35. The quantitative estimate of drug-likeness (QED) is 0.590. The number of nitrogens with one attached hydrogen (secondary N) is 2. The van der Waals surface area contributed by atoms with Crippen LogP contribution in [0.25, 0.3) is 11.3 Å². The van der Waals surface area contributed by atoms with Crippen LogP contribution >= 0.6 is 11.3 Å². The summed E-state index contributed by atoms with van der Waals surface area (Å²) in [5, 5.41) is 13.8. The first-order chi connectivity index (χ1) is 15.2. The lowest BCUT2D eigenvalue weighted by Gasteiger charge is -2.34. The molecule has 0 radical (unpaired) electrons. The first-order valence-electron chi connectivity index (χ1n) is 10.2. The number of H-pyrrole nitrogens is 1. The van der Waals surface area contributed by atoms with Crippen molar-refractivity contribution in [3.63, 3.8) is 0 Å². The molecule has 0 saturated carbocycles. The number of thiophene rings is 1. The van der Waals surface area contributed by atoms with Crippen LogP contribution in [-0.2, 0) is 0 Å². The van der Waals surface area contributed by atoms with Crippen LogP contribution in [0.1, 0.15) is 20.8 Å². The van der Waals surface area contributed by atoms with Crippen molar-refractivity contribution in [2.75, 3.05) is 46.4 Å². The molecule has 1 aliphatic rings. The Bertz CT molecular complexity index is 1030. The van der Waals surface area contributed by atoms with Crippen LogP contribution in [0, 0.1) is 0 Å². The van der Waals surface area contributed by atoms with E-state index in [0.29, 0.717) is 42.3 Å². The van der Waals surface area contributed by atoms with Crippen molar-refractivity contribution in [3.05, 3.63) is 58.4 Å². The van der Waals surface area contributed by atoms with E-state index in [9.17, 15) is 9.59 Å². The number of nitrogens with zero attached hydrogens (tertiary/aromatic N) is 3. The van der Waals surface area contributed by atoms with E-state index in [-0.39, 0.29) is 11.8 Å². The molecule has 2 amide bonds. The lowest BCUT2D eigenvalue weighted by atomic mass is 10.1. The summed E-state index contributed by atoms with van der Waals surface area (Å²) < 4.78 is 5.39. The van der Waals surface area contributed by atoms with Gasteiger partial charge < -0.3 is 15.0 Å². The highest BCUT2D eigenvalue weighted by Gasteiger charge is 2.24. The van der Waals surface area contributed by atoms with Crippen LogP contribution in [0.3, 0.4) is 0 Å². The minimum Gasteiger partial charge on any atom is -0.496 e. The van der Waals surface area contributed by atoms with Crippen molar-refractivity contribution in [2.45, 2.75) is 0 Å². The van der Waals surface area contributed by atoms with Gasteiger partial charge in [-0.3, -0.25) is 19.6 Å². The van der Waals surface area contributed by atoms with E-state index in [2.05, 4.69) is 20.4 Å². The second-order valence-electron chi connectivity index (χ2n) is 7.27. The van der Waals surface area contributed by atoms with E-state index in [1.54, 1.807) is 13.2 Å². The summed E-state index contributed by atoms with van der Waals surface area (Å²) in [4.78, 5) is 29.0. The first kappa shape index (κ1) is 21.1. The summed E-state index contributed by atoms with van der Waals surface area (Å²) in [5.41, 5.74) is 2.69. The molecule has 9 heteroatoms. The van der Waals surface area contributed by atoms with Gasteiger partial charge in [0.15, 0.2) is 0 Å². The molecule has 4 rings (SSSR count). The Morgan fingerprint density at radius 1 is 1.19 bits per heavy atom. The maximum absolute atomic E-state index is 12.9. The highest BCUT2D eigenvalue weighted by Crippen LogP contribution is 2.28. The van der Waals surface area contributed by atoms with E-state index in [4.69, 9.17) is 4.74 Å². The summed E-state index contributed by atoms with van der Waals surface area (Å²) in [6.45, 7) is 4.17. The summed E-state index contributed by atoms with van der Waals surface area (Å²) in [6, 6.07) is 11.2. The number of carbonyl (C=O) groups excluding carboxylic acids is 2. The predicted molar refractivity (Wildman–Crippen MR) is 120 cm³/mol. The Morgan fingerprint density at radius 3 is 2.74 bits per heavy atom. The van der Waals surface area contributed by atoms with Crippen LogP contribution in [-0.4, -0.2) is 78.2 Å². The van der Waals surface area contributed by atoms with Gasteiger partial charge in [0, 0.05) is 55.8 Å². The van der Waals surface area contributed by atoms with Gasteiger partial charge in [-0.05, 0) is 29.6 Å². The van der Waals surface area contributed by atoms with Gasteiger partial charge in [-0.15, -0.1) is 0 Å². The molecular weight excluding hydrogens is 414 g/mol. The van der Waals surface area contributed by atoms with Crippen molar-refractivity contribution in [3.8, 4) is 17.0 Å². The molecule has 162 valence electrons. The van der Waals surface area contributed by atoms with E-state index in [1.165, 1.54) is 11.3 Å². The minimum atomic E-state index is -0.0564. The van der Waals surface area contributed by atoms with E-state index < -0.39 is 0 Å². The minimum absolute atomic E-state index is 0.0415. The van der Waals surface area contributed by atoms with E-state index in [0.717, 1.165) is 25.2 Å². The number of hydrogen-bond donors (Lipinski definition) is 2. The summed E-state index contributed by atoms with van der Waals surface area (Å²) in [7, 11) is 1.62. The number of para-hydroxylation sites is 1. The standard InChI is InChI=1S/C22H25N5O3S/c1-30-20-5-3-2-4-17(20)18-14-19(25-24-18)22(29)27-11-9-26(10-12-27)8-7-23-21(28)16-6-13-31-15-16/h2-6,13-15H,7-12H2,1H3,(H,23,28)(H,24,25). The van der Waals surface area contributed by atoms with Gasteiger partial charge in [-0.25, -0.2) is 0 Å². The van der Waals surface area contributed by atoms with Crippen LogP contribution in [0.15, 0.2) is 47.2 Å². The Balaban J connectivity index is 1.27. The molecular formula is C22H25N5O3S. The zero-order chi connectivity index (χ0) is 21.6. The third-order valence-corrected chi connectivity index (χ3v) is 6.03. The average Bonchev–Trinajstić information content (AvgIpc) is 3.51. The molecule has 0 aliphatic carbocycles. The monoisotopic (exact) mass is 439 g/mol. The number of carbonyl (C=O) groups is 2. The highest BCUT2D eigenvalue weighted by atomic mass is 32.1. The van der Waals surface area contributed by atoms with Gasteiger partial charge in [0.2, 0.25) is 0 Å². The zero-order valence-electron chi connectivity index (χ0n) is 17.3. The fraction of sp³-hybridized carbons (Fsp3) is 0.318. The molecule has 2 N–H and O–H groups in total. The van der Waals surface area contributed by atoms with Crippen molar-refractivity contribution in [2.24, 2.45) is 0 Å². The second kappa shape index (κ2) is 9.76. The lowest BCUT2D eigenvalue weighted by Crippen LogP contribution is -2.50. The van der Waals surface area contributed by atoms with Crippen LogP contribution in [0.2, 0.25) is 0 Å². The number of hydrogen-bond acceptors (Lipinski definition) is 6. The number of aromatic nitrogens is 2. The summed E-state index contributed by atoms with van der Waals surface area (Å²) >= 11 is 1.51. The maximum Gasteiger partial charge on any atom is 0.271 e. The van der Waals surface area contributed by atoms with Crippen molar-refractivity contribution < 1.29 is 14.3 Å². The lowest BCUT2D eigenvalue weighted by molar-refractivity contribution is 0.0632. The zero-order valence-corrected chi connectivity index (χ0v) is 18.2. The van der Waals surface area contributed by atoms with E-state index in [1.807, 2.05) is 46.0 Å². The number of benzene rings is 1. The number of aromatic amines is 1. The first-order valence-corrected chi connectivity index (χ1v) is 11.1. The van der Waals surface area contributed by atoms with Crippen molar-refractivity contribution in [1.82, 2.24) is 25.3 Å². The molecule has 31 heavy (non-hydrogen) atoms. The molecule has 0 bridgehead atoms. The Morgan fingerprint density at radius 2 is 2.00 bits per heavy atom. The molecule has 0 spiro atoms. The second-order valence-corrected chi connectivity index (χ2v) is 8.05. The molecule has 1 saturated heterocycles. The van der Waals surface area contributed by atoms with Gasteiger partial charge in [-0.1, -0.05) is 12.1 Å². The molecule has 1 fully saturated rings. The molecule has 0 unspecified atom stereocenters. The summed E-state index contributed by atoms with van der Waals surface area (Å²) in [6.07, 6.45) is 0. The molecule has 3 heterocycles. The smallest absolute Gasteiger partial charge is 0.271 e. The topological polar surface area (TPSA) is 90.6 Å². The fourth-order valence-electron chi connectivity index (χ4n) is 3.59. The SMILES string of the molecule is COc1ccccc1-c1cc(C(=O)N2CCN(CCNC(=O)c3ccsc3)CC2)[nH]n1. The number of amides is 2. The van der Waals surface area contributed by atoms with Gasteiger partial charge in [0.05, 0.1) is 12.8 Å². The average molecular weight is 440 g/mol. The van der Waals surface area contributed by atoms with Crippen LogP contribution in [0.4, 0.5) is 0 Å². The number of rotatable bonds is 7. The largest absolute Gasteiger partial charge is 0.496 e. The van der Waals surface area contributed by atoms with Crippen LogP contribution < -0.4 is 10.1 Å². The molecule has 1 aliphatic heterocycles. The van der Waals surface area contributed by atoms with Crippen molar-refractivity contribution in [1.29, 1.82) is 0 Å².